The average Bonchev–Trinajstić information content (AvgIpc) is 3.10. The molecule has 0 aliphatic heterocycles. The first-order valence-electron chi connectivity index (χ1n) is 13.9. The Morgan fingerprint density at radius 2 is 1.76 bits per heavy atom. The first-order valence-corrected chi connectivity index (χ1v) is 17.9. The van der Waals surface area contributed by atoms with Gasteiger partial charge in [-0.25, -0.2) is 4.68 Å². The monoisotopic (exact) mass is 599 g/mol. The fourth-order valence-electron chi connectivity index (χ4n) is 4.39. The number of rotatable bonds is 14. The fraction of sp³-hybridized carbons (Fsp3) is 0.452. The summed E-state index contributed by atoms with van der Waals surface area (Å²) in [4.78, 5) is 39.4. The van der Waals surface area contributed by atoms with Gasteiger partial charge in [-0.05, 0) is 55.1 Å². The molecule has 1 heterocycles. The second kappa shape index (κ2) is 13.7. The number of nitrogens with one attached hydrogen (secondary N) is 1. The molecule has 0 atom stereocenters. The number of benzene rings is 2. The summed E-state index contributed by atoms with van der Waals surface area (Å²) in [6, 6.07) is 15.3. The van der Waals surface area contributed by atoms with Gasteiger partial charge in [0, 0.05) is 39.6 Å². The Labute approximate surface area is 248 Å². The quantitative estimate of drug-likeness (QED) is 0.0947. The number of aromatic nitrogens is 2. The molecule has 0 aliphatic carbocycles. The minimum absolute atomic E-state index is 0.0585. The number of nitrogens with zero attached hydrogens (tertiary/aromatic N) is 2. The molecule has 0 fully saturated rings. The van der Waals surface area contributed by atoms with Gasteiger partial charge in [-0.3, -0.25) is 19.1 Å². The molecule has 1 amide bonds. The van der Waals surface area contributed by atoms with E-state index in [1.165, 1.54) is 4.68 Å². The van der Waals surface area contributed by atoms with Crippen molar-refractivity contribution in [2.45, 2.75) is 65.7 Å². The third-order valence-electron chi connectivity index (χ3n) is 7.02. The molecule has 0 aliphatic rings. The molecule has 0 spiro atoms. The Hall–Kier alpha value is -3.14. The SMILES string of the molecule is Cc1c(NC(=O)CC(C)(C)CCC(=O)c2cc(Cl)ccc2OCOCC[Si](C)(C)C)c(=O)n(-c2ccccc2)n1C. The number of para-hydroxylation sites is 1. The van der Waals surface area contributed by atoms with E-state index in [4.69, 9.17) is 21.1 Å². The van der Waals surface area contributed by atoms with Crippen molar-refractivity contribution in [3.8, 4) is 11.4 Å². The highest BCUT2D eigenvalue weighted by atomic mass is 35.5. The van der Waals surface area contributed by atoms with E-state index in [0.717, 1.165) is 6.04 Å². The van der Waals surface area contributed by atoms with Crippen molar-refractivity contribution < 1.29 is 19.1 Å². The normalized spacial score (nSPS) is 11.9. The average molecular weight is 600 g/mol. The minimum atomic E-state index is -1.21. The van der Waals surface area contributed by atoms with Crippen LogP contribution >= 0.6 is 11.6 Å². The molecule has 41 heavy (non-hydrogen) atoms. The van der Waals surface area contributed by atoms with E-state index in [2.05, 4.69) is 25.0 Å². The fourth-order valence-corrected chi connectivity index (χ4v) is 5.32. The van der Waals surface area contributed by atoms with Crippen LogP contribution in [0.2, 0.25) is 30.7 Å². The van der Waals surface area contributed by atoms with Crippen LogP contribution in [-0.2, 0) is 16.6 Å². The summed E-state index contributed by atoms with van der Waals surface area (Å²) in [5.74, 6) is 0.0237. The zero-order chi connectivity index (χ0) is 30.4. The van der Waals surface area contributed by atoms with Gasteiger partial charge in [0.15, 0.2) is 12.6 Å². The zero-order valence-electron chi connectivity index (χ0n) is 25.2. The topological polar surface area (TPSA) is 91.6 Å². The van der Waals surface area contributed by atoms with Gasteiger partial charge in [0.2, 0.25) is 5.91 Å². The van der Waals surface area contributed by atoms with Crippen molar-refractivity contribution >= 4 is 37.1 Å². The molecule has 0 radical (unpaired) electrons. The summed E-state index contributed by atoms with van der Waals surface area (Å²) in [6.45, 7) is 13.2. The van der Waals surface area contributed by atoms with Crippen LogP contribution in [0.25, 0.3) is 5.69 Å². The van der Waals surface area contributed by atoms with Crippen molar-refractivity contribution in [3.63, 3.8) is 0 Å². The third kappa shape index (κ3) is 9.18. The predicted molar refractivity (Wildman–Crippen MR) is 167 cm³/mol. The zero-order valence-corrected chi connectivity index (χ0v) is 26.9. The molecule has 222 valence electrons. The van der Waals surface area contributed by atoms with E-state index in [0.29, 0.717) is 40.7 Å². The Morgan fingerprint density at radius 3 is 2.41 bits per heavy atom. The molecule has 2 aromatic carbocycles. The second-order valence-corrected chi connectivity index (χ2v) is 18.4. The van der Waals surface area contributed by atoms with Crippen LogP contribution < -0.4 is 15.6 Å². The van der Waals surface area contributed by atoms with Crippen LogP contribution in [0.1, 0.15) is 49.2 Å². The maximum atomic E-state index is 13.2. The van der Waals surface area contributed by atoms with Gasteiger partial charge < -0.3 is 14.8 Å². The minimum Gasteiger partial charge on any atom is -0.467 e. The summed E-state index contributed by atoms with van der Waals surface area (Å²) in [5, 5.41) is 3.26. The van der Waals surface area contributed by atoms with Gasteiger partial charge in [-0.2, -0.15) is 0 Å². The molecule has 0 saturated carbocycles. The number of carbonyl (C=O) groups is 2. The highest BCUT2D eigenvalue weighted by molar-refractivity contribution is 6.76. The van der Waals surface area contributed by atoms with Crippen molar-refractivity contribution in [3.05, 3.63) is 75.2 Å². The number of amides is 1. The molecule has 1 aromatic heterocycles. The lowest BCUT2D eigenvalue weighted by Crippen LogP contribution is -2.26. The molecule has 10 heteroatoms. The molecular formula is C31H42ClN3O5Si. The van der Waals surface area contributed by atoms with E-state index in [1.54, 1.807) is 36.9 Å². The van der Waals surface area contributed by atoms with Crippen LogP contribution in [0.5, 0.6) is 5.75 Å². The van der Waals surface area contributed by atoms with Crippen LogP contribution in [0.3, 0.4) is 0 Å². The van der Waals surface area contributed by atoms with Gasteiger partial charge in [-0.1, -0.05) is 63.3 Å². The molecule has 3 rings (SSSR count). The van der Waals surface area contributed by atoms with Crippen LogP contribution in [-0.4, -0.2) is 42.5 Å². The van der Waals surface area contributed by atoms with E-state index < -0.39 is 13.5 Å². The summed E-state index contributed by atoms with van der Waals surface area (Å²) >= 11 is 6.19. The Balaban J connectivity index is 1.61. The highest BCUT2D eigenvalue weighted by Gasteiger charge is 2.26. The van der Waals surface area contributed by atoms with Gasteiger partial charge in [0.05, 0.1) is 16.9 Å². The summed E-state index contributed by atoms with van der Waals surface area (Å²) in [5.41, 5.74) is 1.22. The number of hydrogen-bond acceptors (Lipinski definition) is 5. The largest absolute Gasteiger partial charge is 0.467 e. The summed E-state index contributed by atoms with van der Waals surface area (Å²) in [7, 11) is 0.575. The second-order valence-electron chi connectivity index (χ2n) is 12.4. The molecular weight excluding hydrogens is 558 g/mol. The standard InChI is InChI=1S/C31H42ClN3O5Si/c1-22-29(30(38)35(34(22)4)24-11-9-8-10-12-24)33-28(37)20-31(2,3)16-15-26(36)25-19-23(32)13-14-27(25)40-21-39-17-18-41(5,6)7/h8-14,19H,15-18,20-21H2,1-7H3,(H,33,37). The maximum Gasteiger partial charge on any atom is 0.295 e. The number of Topliss-reactive ketones (excluding diaryl/α,β-unsaturated/α-hetero) is 1. The molecule has 1 N–H and O–H groups in total. The number of ether oxygens (including phenoxy) is 2. The lowest BCUT2D eigenvalue weighted by atomic mass is 9.82. The van der Waals surface area contributed by atoms with Gasteiger partial charge in [0.25, 0.3) is 5.56 Å². The number of anilines is 1. The Bertz CT molecular complexity index is 1420. The Kier molecular flexibility index (Phi) is 10.8. The summed E-state index contributed by atoms with van der Waals surface area (Å²) < 4.78 is 14.7. The molecule has 0 saturated heterocycles. The predicted octanol–water partition coefficient (Wildman–Crippen LogP) is 6.85. The van der Waals surface area contributed by atoms with E-state index in [9.17, 15) is 14.4 Å². The summed E-state index contributed by atoms with van der Waals surface area (Å²) in [6.07, 6.45) is 0.807. The number of hydrogen-bond donors (Lipinski definition) is 1. The van der Waals surface area contributed by atoms with Crippen molar-refractivity contribution in [1.29, 1.82) is 0 Å². The van der Waals surface area contributed by atoms with Gasteiger partial charge in [0.1, 0.15) is 11.4 Å². The van der Waals surface area contributed by atoms with E-state index in [1.807, 2.05) is 44.2 Å². The molecule has 8 nitrogen and oxygen atoms in total. The third-order valence-corrected chi connectivity index (χ3v) is 8.96. The first kappa shape index (κ1) is 32.4. The van der Waals surface area contributed by atoms with Crippen LogP contribution in [0.4, 0.5) is 5.69 Å². The molecule has 3 aromatic rings. The number of carbonyl (C=O) groups excluding carboxylic acids is 2. The van der Waals surface area contributed by atoms with Crippen LogP contribution in [0, 0.1) is 12.3 Å². The van der Waals surface area contributed by atoms with Gasteiger partial charge in [-0.15, -0.1) is 0 Å². The van der Waals surface area contributed by atoms with Crippen molar-refractivity contribution in [1.82, 2.24) is 9.36 Å². The van der Waals surface area contributed by atoms with E-state index >= 15 is 0 Å². The van der Waals surface area contributed by atoms with Crippen molar-refractivity contribution in [2.24, 2.45) is 12.5 Å². The smallest absolute Gasteiger partial charge is 0.295 e. The van der Waals surface area contributed by atoms with E-state index in [-0.39, 0.29) is 42.6 Å². The van der Waals surface area contributed by atoms with Crippen LogP contribution in [0.15, 0.2) is 53.3 Å². The van der Waals surface area contributed by atoms with Gasteiger partial charge >= 0.3 is 0 Å². The number of ketones is 1. The lowest BCUT2D eigenvalue weighted by molar-refractivity contribution is -0.118. The highest BCUT2D eigenvalue weighted by Crippen LogP contribution is 2.31. The Morgan fingerprint density at radius 1 is 1.07 bits per heavy atom. The first-order chi connectivity index (χ1) is 19.2. The maximum absolute atomic E-state index is 13.2. The molecule has 0 bridgehead atoms. The molecule has 0 unspecified atom stereocenters. The lowest BCUT2D eigenvalue weighted by Gasteiger charge is -2.23. The van der Waals surface area contributed by atoms with Crippen molar-refractivity contribution in [2.75, 3.05) is 18.7 Å². The number of halogens is 1.